The van der Waals surface area contributed by atoms with E-state index in [0.717, 1.165) is 34.6 Å². The highest BCUT2D eigenvalue weighted by Crippen LogP contribution is 2.34. The van der Waals surface area contributed by atoms with Crippen molar-refractivity contribution in [1.82, 2.24) is 0 Å². The molecule has 3 amide bonds. The van der Waals surface area contributed by atoms with Crippen LogP contribution in [0.3, 0.4) is 0 Å². The van der Waals surface area contributed by atoms with Gasteiger partial charge in [-0.25, -0.2) is 0 Å². The minimum atomic E-state index is -0.379. The van der Waals surface area contributed by atoms with Crippen molar-refractivity contribution in [2.45, 2.75) is 26.7 Å². The van der Waals surface area contributed by atoms with Gasteiger partial charge < -0.3 is 15.1 Å². The third kappa shape index (κ3) is 3.38. The van der Waals surface area contributed by atoms with Gasteiger partial charge in [0.1, 0.15) is 0 Å². The molecule has 1 saturated heterocycles. The van der Waals surface area contributed by atoms with Gasteiger partial charge in [-0.1, -0.05) is 17.7 Å². The molecule has 6 heteroatoms. The summed E-state index contributed by atoms with van der Waals surface area (Å²) in [5.41, 5.74) is 4.63. The number of nitrogens with zero attached hydrogens (tertiary/aromatic N) is 2. The number of amides is 3. The van der Waals surface area contributed by atoms with E-state index in [0.29, 0.717) is 13.1 Å². The number of anilines is 3. The SMILES string of the molecule is CC(=O)N1CCc2cc(N3C[C@@H](C(=O)Nc4ccc(C)cc4)CC3=O)ccc21. The molecule has 0 radical (unpaired) electrons. The third-order valence-electron chi connectivity index (χ3n) is 5.47. The number of rotatable bonds is 3. The second-order valence-electron chi connectivity index (χ2n) is 7.49. The van der Waals surface area contributed by atoms with Crippen LogP contribution < -0.4 is 15.1 Å². The van der Waals surface area contributed by atoms with Crippen molar-refractivity contribution in [3.8, 4) is 0 Å². The normalized spacial score (nSPS) is 18.4. The van der Waals surface area contributed by atoms with Crippen LogP contribution >= 0.6 is 0 Å². The van der Waals surface area contributed by atoms with Gasteiger partial charge in [0.25, 0.3) is 0 Å². The molecule has 0 spiro atoms. The van der Waals surface area contributed by atoms with Crippen LogP contribution in [0.25, 0.3) is 0 Å². The Morgan fingerprint density at radius 1 is 1.11 bits per heavy atom. The highest BCUT2D eigenvalue weighted by molar-refractivity contribution is 6.04. The van der Waals surface area contributed by atoms with Crippen LogP contribution in [0.5, 0.6) is 0 Å². The fourth-order valence-corrected chi connectivity index (χ4v) is 3.90. The molecule has 0 aromatic heterocycles. The lowest BCUT2D eigenvalue weighted by molar-refractivity contribution is -0.122. The first-order valence-electron chi connectivity index (χ1n) is 9.51. The largest absolute Gasteiger partial charge is 0.326 e. The maximum absolute atomic E-state index is 12.6. The Balaban J connectivity index is 1.47. The number of aryl methyl sites for hydroxylation is 1. The van der Waals surface area contributed by atoms with Crippen LogP contribution in [0.2, 0.25) is 0 Å². The summed E-state index contributed by atoms with van der Waals surface area (Å²) in [6.45, 7) is 4.59. The highest BCUT2D eigenvalue weighted by atomic mass is 16.2. The Bertz CT molecular complexity index is 952. The molecular formula is C22H23N3O3. The number of fused-ring (bicyclic) bond motifs is 1. The maximum atomic E-state index is 12.6. The average Bonchev–Trinajstić information content (AvgIpc) is 3.26. The van der Waals surface area contributed by atoms with E-state index in [1.165, 1.54) is 0 Å². The quantitative estimate of drug-likeness (QED) is 0.894. The van der Waals surface area contributed by atoms with Crippen molar-refractivity contribution in [3.63, 3.8) is 0 Å². The average molecular weight is 377 g/mol. The predicted octanol–water partition coefficient (Wildman–Crippen LogP) is 2.90. The van der Waals surface area contributed by atoms with Gasteiger partial charge in [0.05, 0.1) is 5.92 Å². The molecular weight excluding hydrogens is 354 g/mol. The van der Waals surface area contributed by atoms with Gasteiger partial charge in [-0.05, 0) is 49.2 Å². The van der Waals surface area contributed by atoms with E-state index >= 15 is 0 Å². The lowest BCUT2D eigenvalue weighted by Gasteiger charge is -2.19. The van der Waals surface area contributed by atoms with E-state index < -0.39 is 0 Å². The van der Waals surface area contributed by atoms with Gasteiger partial charge in [-0.3, -0.25) is 14.4 Å². The molecule has 2 aromatic carbocycles. The van der Waals surface area contributed by atoms with E-state index in [9.17, 15) is 14.4 Å². The van der Waals surface area contributed by atoms with Crippen LogP contribution in [-0.2, 0) is 20.8 Å². The molecule has 0 saturated carbocycles. The van der Waals surface area contributed by atoms with Gasteiger partial charge in [0.2, 0.25) is 17.7 Å². The fourth-order valence-electron chi connectivity index (χ4n) is 3.90. The molecule has 0 aliphatic carbocycles. The van der Waals surface area contributed by atoms with Gasteiger partial charge >= 0.3 is 0 Å². The Labute approximate surface area is 164 Å². The minimum absolute atomic E-state index is 0.0246. The molecule has 0 unspecified atom stereocenters. The lowest BCUT2D eigenvalue weighted by atomic mass is 10.1. The zero-order valence-electron chi connectivity index (χ0n) is 16.1. The topological polar surface area (TPSA) is 69.7 Å². The van der Waals surface area contributed by atoms with E-state index in [1.807, 2.05) is 49.4 Å². The zero-order chi connectivity index (χ0) is 19.8. The number of hydrogen-bond acceptors (Lipinski definition) is 3. The monoisotopic (exact) mass is 377 g/mol. The summed E-state index contributed by atoms with van der Waals surface area (Å²) in [5, 5.41) is 2.90. The number of benzene rings is 2. The van der Waals surface area contributed by atoms with E-state index in [2.05, 4.69) is 5.32 Å². The number of carbonyl (C=O) groups is 3. The molecule has 1 fully saturated rings. The standard InChI is InChI=1S/C22H23N3O3/c1-14-3-5-18(6-4-14)23-22(28)17-12-21(27)25(13-17)19-7-8-20-16(11-19)9-10-24(20)15(2)26/h3-8,11,17H,9-10,12-13H2,1-2H3,(H,23,28)/t17-/m0/s1. The Kier molecular flexibility index (Phi) is 4.63. The van der Waals surface area contributed by atoms with Gasteiger partial charge in [-0.2, -0.15) is 0 Å². The Hall–Kier alpha value is -3.15. The molecule has 2 aliphatic rings. The first kappa shape index (κ1) is 18.2. The molecule has 28 heavy (non-hydrogen) atoms. The van der Waals surface area contributed by atoms with Crippen LogP contribution in [0.1, 0.15) is 24.5 Å². The van der Waals surface area contributed by atoms with Crippen molar-refractivity contribution < 1.29 is 14.4 Å². The third-order valence-corrected chi connectivity index (χ3v) is 5.47. The Morgan fingerprint density at radius 3 is 2.57 bits per heavy atom. The summed E-state index contributed by atoms with van der Waals surface area (Å²) in [6, 6.07) is 13.3. The summed E-state index contributed by atoms with van der Waals surface area (Å²) < 4.78 is 0. The van der Waals surface area contributed by atoms with Crippen molar-refractivity contribution >= 4 is 34.8 Å². The molecule has 6 nitrogen and oxygen atoms in total. The van der Waals surface area contributed by atoms with Crippen molar-refractivity contribution in [2.75, 3.05) is 28.2 Å². The first-order chi connectivity index (χ1) is 13.4. The second-order valence-corrected chi connectivity index (χ2v) is 7.49. The van der Waals surface area contributed by atoms with Gasteiger partial charge in [0.15, 0.2) is 0 Å². The molecule has 2 aliphatic heterocycles. The summed E-state index contributed by atoms with van der Waals surface area (Å²) >= 11 is 0. The summed E-state index contributed by atoms with van der Waals surface area (Å²) in [5.74, 6) is -0.540. The van der Waals surface area contributed by atoms with E-state index in [4.69, 9.17) is 0 Å². The second kappa shape index (κ2) is 7.11. The Morgan fingerprint density at radius 2 is 1.86 bits per heavy atom. The van der Waals surface area contributed by atoms with Crippen molar-refractivity contribution in [2.24, 2.45) is 5.92 Å². The smallest absolute Gasteiger partial charge is 0.229 e. The predicted molar refractivity (Wildman–Crippen MR) is 108 cm³/mol. The van der Waals surface area contributed by atoms with Crippen LogP contribution in [0.4, 0.5) is 17.1 Å². The molecule has 2 aromatic rings. The molecule has 1 atom stereocenters. The molecule has 4 rings (SSSR count). The maximum Gasteiger partial charge on any atom is 0.229 e. The first-order valence-corrected chi connectivity index (χ1v) is 9.51. The molecule has 0 bridgehead atoms. The summed E-state index contributed by atoms with van der Waals surface area (Å²) in [4.78, 5) is 40.3. The minimum Gasteiger partial charge on any atom is -0.326 e. The van der Waals surface area contributed by atoms with Crippen molar-refractivity contribution in [3.05, 3.63) is 53.6 Å². The summed E-state index contributed by atoms with van der Waals surface area (Å²) in [6.07, 6.45) is 0.983. The number of carbonyl (C=O) groups excluding carboxylic acids is 3. The lowest BCUT2D eigenvalue weighted by Crippen LogP contribution is -2.28. The van der Waals surface area contributed by atoms with Crippen molar-refractivity contribution in [1.29, 1.82) is 0 Å². The van der Waals surface area contributed by atoms with E-state index in [1.54, 1.807) is 16.7 Å². The number of hydrogen-bond donors (Lipinski definition) is 1. The fraction of sp³-hybridized carbons (Fsp3) is 0.318. The van der Waals surface area contributed by atoms with Gasteiger partial charge in [-0.15, -0.1) is 0 Å². The summed E-state index contributed by atoms with van der Waals surface area (Å²) in [7, 11) is 0. The molecule has 144 valence electrons. The van der Waals surface area contributed by atoms with E-state index in [-0.39, 0.29) is 30.1 Å². The zero-order valence-corrected chi connectivity index (χ0v) is 16.1. The number of nitrogens with one attached hydrogen (secondary N) is 1. The van der Waals surface area contributed by atoms with Crippen LogP contribution in [0, 0.1) is 12.8 Å². The van der Waals surface area contributed by atoms with Gasteiger partial charge in [0, 0.05) is 43.5 Å². The highest BCUT2D eigenvalue weighted by Gasteiger charge is 2.36. The van der Waals surface area contributed by atoms with Crippen LogP contribution in [0.15, 0.2) is 42.5 Å². The van der Waals surface area contributed by atoms with Crippen LogP contribution in [-0.4, -0.2) is 30.8 Å². The molecule has 1 N–H and O–H groups in total. The molecule has 2 heterocycles.